The van der Waals surface area contributed by atoms with E-state index in [-0.39, 0.29) is 36.0 Å². The number of ether oxygens (including phenoxy) is 6. The Bertz CT molecular complexity index is 1870. The number of benzene rings is 2. The minimum Gasteiger partial charge on any atom is -0.463 e. The predicted molar refractivity (Wildman–Crippen MR) is 198 cm³/mol. The van der Waals surface area contributed by atoms with E-state index in [1.165, 1.54) is 4.57 Å². The summed E-state index contributed by atoms with van der Waals surface area (Å²) < 4.78 is 35.5. The first-order valence-electron chi connectivity index (χ1n) is 18.2. The number of hydrogen-bond donors (Lipinski definition) is 3. The van der Waals surface area contributed by atoms with Gasteiger partial charge in [-0.3, -0.25) is 9.36 Å². The highest BCUT2D eigenvalue weighted by atomic mass is 16.6. The molecule has 0 radical (unpaired) electrons. The standard InChI is InChI=1S/C38H49N7O8/c39-14-17-49-19-21-51-23-22-50-20-18-48-16-13-33(46)44(30-8-9-30)25-27-5-10-31(11-6-27)53-32-12-7-28-24-29(32)4-2-1-3-15-52-37-42-35(40)34-36(43-37)45(26-28)38(47)41-34/h1-2,5-7,10-12,24,30H,3-4,8-9,13-23,25-26,39H2,(H,41,47)(H2,40,42,43)/b2-1+. The number of allylic oxidation sites excluding steroid dienone is 1. The van der Waals surface area contributed by atoms with Crippen molar-refractivity contribution in [3.8, 4) is 17.5 Å². The van der Waals surface area contributed by atoms with Crippen LogP contribution in [0.15, 0.2) is 59.4 Å². The predicted octanol–water partition coefficient (Wildman–Crippen LogP) is 3.33. The highest BCUT2D eigenvalue weighted by Crippen LogP contribution is 2.31. The lowest BCUT2D eigenvalue weighted by molar-refractivity contribution is -0.133. The van der Waals surface area contributed by atoms with Gasteiger partial charge in [0.1, 0.15) is 17.0 Å². The van der Waals surface area contributed by atoms with Crippen molar-refractivity contribution in [1.29, 1.82) is 0 Å². The van der Waals surface area contributed by atoms with Crippen molar-refractivity contribution in [2.75, 3.05) is 71.7 Å². The maximum atomic E-state index is 13.1. The lowest BCUT2D eigenvalue weighted by Gasteiger charge is -2.23. The van der Waals surface area contributed by atoms with Crippen molar-refractivity contribution >= 4 is 22.9 Å². The molecule has 284 valence electrons. The van der Waals surface area contributed by atoms with Gasteiger partial charge in [0, 0.05) is 19.1 Å². The summed E-state index contributed by atoms with van der Waals surface area (Å²) in [7, 11) is 0. The topological polar surface area (TPSA) is 191 Å². The highest BCUT2D eigenvalue weighted by Gasteiger charge is 2.32. The minimum atomic E-state index is -0.331. The number of carbonyl (C=O) groups excluding carboxylic acids is 1. The zero-order valence-electron chi connectivity index (χ0n) is 30.0. The monoisotopic (exact) mass is 731 g/mol. The second-order valence-corrected chi connectivity index (χ2v) is 12.8. The number of nitrogens with zero attached hydrogens (tertiary/aromatic N) is 4. The number of fused-ring (bicyclic) bond motifs is 3. The summed E-state index contributed by atoms with van der Waals surface area (Å²) in [5.41, 5.74) is 14.8. The first-order valence-corrected chi connectivity index (χ1v) is 18.2. The average molecular weight is 732 g/mol. The van der Waals surface area contributed by atoms with Gasteiger partial charge in [0.15, 0.2) is 11.5 Å². The molecule has 15 nitrogen and oxygen atoms in total. The number of imidazole rings is 1. The van der Waals surface area contributed by atoms with E-state index in [1.54, 1.807) is 0 Å². The molecule has 1 aliphatic heterocycles. The van der Waals surface area contributed by atoms with Gasteiger partial charge in [-0.1, -0.05) is 30.4 Å². The average Bonchev–Trinajstić information content (AvgIpc) is 3.95. The Morgan fingerprint density at radius 1 is 0.925 bits per heavy atom. The van der Waals surface area contributed by atoms with Crippen molar-refractivity contribution in [3.63, 3.8) is 0 Å². The molecule has 5 N–H and O–H groups in total. The fourth-order valence-corrected chi connectivity index (χ4v) is 5.90. The summed E-state index contributed by atoms with van der Waals surface area (Å²) in [6.45, 7) is 5.42. The number of aromatic nitrogens is 4. The van der Waals surface area contributed by atoms with Crippen LogP contribution in [0.4, 0.5) is 5.82 Å². The van der Waals surface area contributed by atoms with Crippen LogP contribution in [-0.4, -0.2) is 102 Å². The maximum Gasteiger partial charge on any atom is 0.328 e. The molecular formula is C38H49N7O8. The molecule has 0 spiro atoms. The van der Waals surface area contributed by atoms with Gasteiger partial charge in [0.25, 0.3) is 0 Å². The van der Waals surface area contributed by atoms with E-state index in [9.17, 15) is 9.59 Å². The molecule has 4 aromatic rings. The van der Waals surface area contributed by atoms with Gasteiger partial charge in [-0.25, -0.2) is 4.79 Å². The Morgan fingerprint density at radius 2 is 1.64 bits per heavy atom. The fraction of sp³-hybridized carbons (Fsp3) is 0.474. The molecule has 3 heterocycles. The third kappa shape index (κ3) is 11.1. The van der Waals surface area contributed by atoms with E-state index in [0.717, 1.165) is 29.5 Å². The lowest BCUT2D eigenvalue weighted by atomic mass is 10.1. The Morgan fingerprint density at radius 3 is 2.36 bits per heavy atom. The molecule has 0 saturated heterocycles. The normalized spacial score (nSPS) is 14.9. The van der Waals surface area contributed by atoms with Gasteiger partial charge in [0.05, 0.1) is 72.4 Å². The van der Waals surface area contributed by atoms with Crippen molar-refractivity contribution in [2.45, 2.75) is 51.2 Å². The zero-order valence-corrected chi connectivity index (χ0v) is 30.0. The Hall–Kier alpha value is -4.80. The molecule has 1 amide bonds. The third-order valence-corrected chi connectivity index (χ3v) is 8.77. The summed E-state index contributed by atoms with van der Waals surface area (Å²) in [6.07, 6.45) is 7.74. The largest absolute Gasteiger partial charge is 0.463 e. The van der Waals surface area contributed by atoms with Gasteiger partial charge in [-0.15, -0.1) is 0 Å². The number of nitrogens with one attached hydrogen (secondary N) is 1. The molecule has 53 heavy (non-hydrogen) atoms. The molecule has 4 bridgehead atoms. The fourth-order valence-electron chi connectivity index (χ4n) is 5.90. The Labute approximate surface area is 308 Å². The molecule has 2 aromatic heterocycles. The van der Waals surface area contributed by atoms with Crippen LogP contribution in [-0.2, 0) is 43.3 Å². The van der Waals surface area contributed by atoms with Crippen LogP contribution in [0.1, 0.15) is 42.4 Å². The van der Waals surface area contributed by atoms with Crippen LogP contribution in [0.2, 0.25) is 0 Å². The number of rotatable bonds is 19. The molecule has 1 fully saturated rings. The summed E-state index contributed by atoms with van der Waals surface area (Å²) in [5, 5.41) is 0. The van der Waals surface area contributed by atoms with E-state index in [1.807, 2.05) is 53.4 Å². The number of aromatic amines is 1. The summed E-state index contributed by atoms with van der Waals surface area (Å²) in [6, 6.07) is 14.2. The molecule has 1 saturated carbocycles. The lowest BCUT2D eigenvalue weighted by Crippen LogP contribution is -2.33. The summed E-state index contributed by atoms with van der Waals surface area (Å²) in [4.78, 5) is 39.4. The highest BCUT2D eigenvalue weighted by molar-refractivity contribution is 5.82. The van der Waals surface area contributed by atoms with E-state index in [2.05, 4.69) is 21.0 Å². The number of hydrogen-bond acceptors (Lipinski definition) is 12. The number of anilines is 1. The minimum absolute atomic E-state index is 0.0839. The van der Waals surface area contributed by atoms with Crippen molar-refractivity contribution in [3.05, 3.63) is 81.8 Å². The van der Waals surface area contributed by atoms with Crippen LogP contribution in [0.25, 0.3) is 11.2 Å². The van der Waals surface area contributed by atoms with Gasteiger partial charge >= 0.3 is 11.7 Å². The first kappa shape index (κ1) is 37.9. The van der Waals surface area contributed by atoms with Crippen LogP contribution in [0.3, 0.4) is 0 Å². The van der Waals surface area contributed by atoms with Crippen LogP contribution in [0.5, 0.6) is 17.5 Å². The zero-order chi connectivity index (χ0) is 36.8. The number of carbonyl (C=O) groups is 1. The SMILES string of the molecule is NCCOCCOCCOCCOCCC(=O)N(Cc1ccc(Oc2ccc3cc2C/C=C/CCOc2nc(N)c4[nH]c(=O)n(c4n2)C3)cc1)C1CC1. The van der Waals surface area contributed by atoms with E-state index in [0.29, 0.717) is 114 Å². The quantitative estimate of drug-likeness (QED) is 0.0944. The van der Waals surface area contributed by atoms with Crippen molar-refractivity contribution < 1.29 is 33.2 Å². The Kier molecular flexibility index (Phi) is 13.8. The molecule has 2 aliphatic rings. The second-order valence-electron chi connectivity index (χ2n) is 12.8. The van der Waals surface area contributed by atoms with E-state index < -0.39 is 0 Å². The molecular weight excluding hydrogens is 682 g/mol. The van der Waals surface area contributed by atoms with Gasteiger partial charge in [0.2, 0.25) is 5.91 Å². The molecule has 15 heteroatoms. The number of nitrogen functional groups attached to an aromatic ring is 1. The molecule has 1 aliphatic carbocycles. The van der Waals surface area contributed by atoms with E-state index in [4.69, 9.17) is 39.9 Å². The van der Waals surface area contributed by atoms with Gasteiger partial charge in [-0.2, -0.15) is 9.97 Å². The smallest absolute Gasteiger partial charge is 0.328 e. The van der Waals surface area contributed by atoms with Gasteiger partial charge < -0.3 is 49.8 Å². The molecule has 0 unspecified atom stereocenters. The van der Waals surface area contributed by atoms with Gasteiger partial charge in [-0.05, 0) is 66.6 Å². The molecule has 6 rings (SSSR count). The Balaban J connectivity index is 0.998. The second kappa shape index (κ2) is 19.3. The first-order chi connectivity index (χ1) is 26.0. The number of nitrogens with two attached hydrogens (primary N) is 2. The van der Waals surface area contributed by atoms with Crippen molar-refractivity contribution in [1.82, 2.24) is 24.4 Å². The third-order valence-electron chi connectivity index (χ3n) is 8.77. The number of H-pyrrole nitrogens is 1. The number of amides is 1. The summed E-state index contributed by atoms with van der Waals surface area (Å²) in [5.74, 6) is 1.64. The maximum absolute atomic E-state index is 13.1. The van der Waals surface area contributed by atoms with Crippen molar-refractivity contribution in [2.24, 2.45) is 5.73 Å². The molecule has 0 atom stereocenters. The van der Waals surface area contributed by atoms with Crippen LogP contribution in [0, 0.1) is 0 Å². The van der Waals surface area contributed by atoms with E-state index >= 15 is 0 Å². The molecule has 2 aromatic carbocycles. The van der Waals surface area contributed by atoms with Crippen LogP contribution < -0.4 is 26.6 Å². The summed E-state index contributed by atoms with van der Waals surface area (Å²) >= 11 is 0. The van der Waals surface area contributed by atoms with Crippen LogP contribution >= 0.6 is 0 Å².